The molecule has 1 fully saturated rings. The Bertz CT molecular complexity index is 504. The van der Waals surface area contributed by atoms with Gasteiger partial charge >= 0.3 is 5.97 Å². The fourth-order valence-electron chi connectivity index (χ4n) is 2.98. The molecule has 5 nitrogen and oxygen atoms in total. The number of aliphatic carboxylic acids is 1. The summed E-state index contributed by atoms with van der Waals surface area (Å²) in [6, 6.07) is 8.09. The molecule has 1 aromatic carbocycles. The number of carbonyl (C=O) groups is 2. The molecule has 0 spiro atoms. The Kier molecular flexibility index (Phi) is 4.96. The number of carboxylic acids is 1. The summed E-state index contributed by atoms with van der Waals surface area (Å²) in [6.45, 7) is 2.35. The van der Waals surface area contributed by atoms with E-state index < -0.39 is 18.1 Å². The van der Waals surface area contributed by atoms with Gasteiger partial charge < -0.3 is 15.7 Å². The molecule has 3 atom stereocenters. The number of nitrogens with two attached hydrogens (primary N) is 1. The van der Waals surface area contributed by atoms with Gasteiger partial charge in [0.2, 0.25) is 5.91 Å². The summed E-state index contributed by atoms with van der Waals surface area (Å²) in [4.78, 5) is 25.4. The molecule has 0 bridgehead atoms. The van der Waals surface area contributed by atoms with Crippen LogP contribution in [0.5, 0.6) is 0 Å². The Morgan fingerprint density at radius 1 is 1.38 bits per heavy atom. The fourth-order valence-corrected chi connectivity index (χ4v) is 2.98. The molecule has 1 aliphatic heterocycles. The minimum atomic E-state index is -0.942. The van der Waals surface area contributed by atoms with E-state index in [0.717, 1.165) is 18.4 Å². The molecule has 114 valence electrons. The number of likely N-dealkylation sites (tertiary alicyclic amines) is 1. The van der Waals surface area contributed by atoms with Crippen LogP contribution in [0.25, 0.3) is 0 Å². The number of benzene rings is 1. The van der Waals surface area contributed by atoms with Gasteiger partial charge in [-0.15, -0.1) is 0 Å². The molecule has 3 N–H and O–H groups in total. The van der Waals surface area contributed by atoms with Gasteiger partial charge in [0.15, 0.2) is 0 Å². The third kappa shape index (κ3) is 3.61. The maximum absolute atomic E-state index is 12.5. The van der Waals surface area contributed by atoms with Gasteiger partial charge in [0, 0.05) is 6.54 Å². The predicted molar refractivity (Wildman–Crippen MR) is 79.7 cm³/mol. The van der Waals surface area contributed by atoms with E-state index >= 15 is 0 Å². The summed E-state index contributed by atoms with van der Waals surface area (Å²) < 4.78 is 0. The highest BCUT2D eigenvalue weighted by atomic mass is 16.4. The van der Waals surface area contributed by atoms with Crippen molar-refractivity contribution in [3.05, 3.63) is 35.9 Å². The molecule has 1 heterocycles. The molecule has 5 heteroatoms. The largest absolute Gasteiger partial charge is 0.480 e. The molecule has 1 aliphatic rings. The standard InChI is InChI=1S/C16H22N2O3/c1-11-6-5-9-18(14(11)16(20)21)15(19)13(17)10-12-7-3-2-4-8-12/h2-4,7-8,11,13-14H,5-6,9-10,17H2,1H3,(H,20,21)/t11?,13-,14?/m1/s1. The van der Waals surface area contributed by atoms with Gasteiger partial charge in [-0.3, -0.25) is 4.79 Å². The molecule has 0 saturated carbocycles. The zero-order valence-electron chi connectivity index (χ0n) is 12.2. The average Bonchev–Trinajstić information content (AvgIpc) is 2.46. The smallest absolute Gasteiger partial charge is 0.326 e. The van der Waals surface area contributed by atoms with Crippen molar-refractivity contribution in [2.45, 2.75) is 38.3 Å². The molecule has 21 heavy (non-hydrogen) atoms. The SMILES string of the molecule is CC1CCCN(C(=O)[C@H](N)Cc2ccccc2)C1C(=O)O. The first-order valence-corrected chi connectivity index (χ1v) is 7.33. The normalized spacial score (nSPS) is 23.6. The zero-order valence-corrected chi connectivity index (χ0v) is 12.2. The predicted octanol–water partition coefficient (Wildman–Crippen LogP) is 1.27. The van der Waals surface area contributed by atoms with E-state index in [1.165, 1.54) is 4.90 Å². The Morgan fingerprint density at radius 2 is 2.05 bits per heavy atom. The van der Waals surface area contributed by atoms with Crippen LogP contribution in [-0.4, -0.2) is 40.5 Å². The first-order valence-electron chi connectivity index (χ1n) is 7.33. The van der Waals surface area contributed by atoms with Gasteiger partial charge in [-0.2, -0.15) is 0 Å². The second-order valence-corrected chi connectivity index (χ2v) is 5.73. The van der Waals surface area contributed by atoms with Crippen molar-refractivity contribution in [3.8, 4) is 0 Å². The van der Waals surface area contributed by atoms with E-state index in [1.807, 2.05) is 37.3 Å². The molecular weight excluding hydrogens is 268 g/mol. The number of rotatable bonds is 4. The topological polar surface area (TPSA) is 83.6 Å². The van der Waals surface area contributed by atoms with Gasteiger partial charge in [0.25, 0.3) is 0 Å². The van der Waals surface area contributed by atoms with E-state index in [1.54, 1.807) is 0 Å². The van der Waals surface area contributed by atoms with Gasteiger partial charge in [-0.1, -0.05) is 37.3 Å². The highest BCUT2D eigenvalue weighted by molar-refractivity contribution is 5.87. The third-order valence-electron chi connectivity index (χ3n) is 4.08. The van der Waals surface area contributed by atoms with E-state index in [0.29, 0.717) is 13.0 Å². The van der Waals surface area contributed by atoms with Crippen molar-refractivity contribution in [1.82, 2.24) is 4.90 Å². The van der Waals surface area contributed by atoms with Crippen LogP contribution in [0.1, 0.15) is 25.3 Å². The lowest BCUT2D eigenvalue weighted by Gasteiger charge is -2.38. The first kappa shape index (κ1) is 15.5. The molecule has 2 unspecified atom stereocenters. The van der Waals surface area contributed by atoms with Crippen molar-refractivity contribution in [1.29, 1.82) is 0 Å². The summed E-state index contributed by atoms with van der Waals surface area (Å²) in [5.41, 5.74) is 6.99. The molecule has 1 amide bonds. The van der Waals surface area contributed by atoms with Crippen molar-refractivity contribution in [3.63, 3.8) is 0 Å². The summed E-state index contributed by atoms with van der Waals surface area (Å²) in [5.74, 6) is -1.25. The minimum absolute atomic E-state index is 0.0378. The Morgan fingerprint density at radius 3 is 2.67 bits per heavy atom. The summed E-state index contributed by atoms with van der Waals surface area (Å²) >= 11 is 0. The van der Waals surface area contributed by atoms with Crippen LogP contribution in [0.4, 0.5) is 0 Å². The van der Waals surface area contributed by atoms with E-state index in [2.05, 4.69) is 0 Å². The Labute approximate surface area is 124 Å². The van der Waals surface area contributed by atoms with Crippen LogP contribution >= 0.6 is 0 Å². The lowest BCUT2D eigenvalue weighted by molar-refractivity contribution is -0.155. The van der Waals surface area contributed by atoms with Crippen LogP contribution in [0, 0.1) is 5.92 Å². The quantitative estimate of drug-likeness (QED) is 0.874. The van der Waals surface area contributed by atoms with Gasteiger partial charge in [-0.25, -0.2) is 4.79 Å². The number of carbonyl (C=O) groups excluding carboxylic acids is 1. The number of carboxylic acid groups (broad SMARTS) is 1. The van der Waals surface area contributed by atoms with Crippen LogP contribution in [0.15, 0.2) is 30.3 Å². The second-order valence-electron chi connectivity index (χ2n) is 5.73. The van der Waals surface area contributed by atoms with Crippen LogP contribution in [0.3, 0.4) is 0 Å². The Hall–Kier alpha value is -1.88. The second kappa shape index (κ2) is 6.72. The zero-order chi connectivity index (χ0) is 15.4. The highest BCUT2D eigenvalue weighted by Gasteiger charge is 2.38. The number of nitrogens with zero attached hydrogens (tertiary/aromatic N) is 1. The van der Waals surface area contributed by atoms with Crippen LogP contribution in [-0.2, 0) is 16.0 Å². The minimum Gasteiger partial charge on any atom is -0.480 e. The lowest BCUT2D eigenvalue weighted by Crippen LogP contribution is -2.56. The van der Waals surface area contributed by atoms with Crippen LogP contribution < -0.4 is 5.73 Å². The van der Waals surface area contributed by atoms with Crippen LogP contribution in [0.2, 0.25) is 0 Å². The van der Waals surface area contributed by atoms with Crippen molar-refractivity contribution < 1.29 is 14.7 Å². The monoisotopic (exact) mass is 290 g/mol. The van der Waals surface area contributed by atoms with Crippen molar-refractivity contribution in [2.75, 3.05) is 6.54 Å². The number of hydrogen-bond donors (Lipinski definition) is 2. The molecular formula is C16H22N2O3. The maximum Gasteiger partial charge on any atom is 0.326 e. The average molecular weight is 290 g/mol. The molecule has 1 saturated heterocycles. The molecule has 1 aromatic rings. The highest BCUT2D eigenvalue weighted by Crippen LogP contribution is 2.24. The Balaban J connectivity index is 2.08. The lowest BCUT2D eigenvalue weighted by atomic mass is 9.90. The van der Waals surface area contributed by atoms with E-state index in [-0.39, 0.29) is 11.8 Å². The van der Waals surface area contributed by atoms with Gasteiger partial charge in [-0.05, 0) is 30.7 Å². The molecule has 0 radical (unpaired) electrons. The van der Waals surface area contributed by atoms with E-state index in [4.69, 9.17) is 5.73 Å². The van der Waals surface area contributed by atoms with Crippen molar-refractivity contribution in [2.24, 2.45) is 11.7 Å². The number of amides is 1. The van der Waals surface area contributed by atoms with E-state index in [9.17, 15) is 14.7 Å². The molecule has 0 aliphatic carbocycles. The summed E-state index contributed by atoms with van der Waals surface area (Å²) in [7, 11) is 0. The van der Waals surface area contributed by atoms with Gasteiger partial charge in [0.1, 0.15) is 6.04 Å². The maximum atomic E-state index is 12.5. The summed E-state index contributed by atoms with van der Waals surface area (Å²) in [6.07, 6.45) is 2.08. The summed E-state index contributed by atoms with van der Waals surface area (Å²) in [5, 5.41) is 9.36. The third-order valence-corrected chi connectivity index (χ3v) is 4.08. The number of piperidine rings is 1. The fraction of sp³-hybridized carbons (Fsp3) is 0.500. The van der Waals surface area contributed by atoms with Gasteiger partial charge in [0.05, 0.1) is 6.04 Å². The number of hydrogen-bond acceptors (Lipinski definition) is 3. The van der Waals surface area contributed by atoms with Crippen molar-refractivity contribution >= 4 is 11.9 Å². The molecule has 0 aromatic heterocycles. The molecule has 2 rings (SSSR count). The first-order chi connectivity index (χ1) is 10.0.